The first-order chi connectivity index (χ1) is 12.8. The summed E-state index contributed by atoms with van der Waals surface area (Å²) in [5, 5.41) is 0. The van der Waals surface area contributed by atoms with Gasteiger partial charge in [-0.2, -0.15) is 0 Å². The van der Waals surface area contributed by atoms with Crippen LogP contribution in [-0.4, -0.2) is 54.9 Å². The Kier molecular flexibility index (Phi) is 5.78. The monoisotopic (exact) mass is 372 g/mol. The maximum absolute atomic E-state index is 13.2. The molecule has 27 heavy (non-hydrogen) atoms. The van der Waals surface area contributed by atoms with Crippen molar-refractivity contribution in [2.45, 2.75) is 46.0 Å². The van der Waals surface area contributed by atoms with Crippen LogP contribution in [0.25, 0.3) is 0 Å². The molecule has 0 saturated carbocycles. The van der Waals surface area contributed by atoms with Crippen LogP contribution >= 0.6 is 0 Å². The Hall–Kier alpha value is -2.04. The minimum absolute atomic E-state index is 0.0251. The van der Waals surface area contributed by atoms with Crippen LogP contribution in [0.3, 0.4) is 0 Å². The lowest BCUT2D eigenvalue weighted by atomic mass is 9.88. The van der Waals surface area contributed by atoms with Gasteiger partial charge in [0.2, 0.25) is 11.8 Å². The van der Waals surface area contributed by atoms with Crippen LogP contribution in [0.2, 0.25) is 0 Å². The van der Waals surface area contributed by atoms with Gasteiger partial charge in [0, 0.05) is 38.5 Å². The molecule has 148 valence electrons. The summed E-state index contributed by atoms with van der Waals surface area (Å²) in [5.74, 6) is 0.995. The molecule has 1 aromatic rings. The normalized spacial score (nSPS) is 23.0. The van der Waals surface area contributed by atoms with E-state index in [-0.39, 0.29) is 29.1 Å². The number of carbonyl (C=O) groups is 2. The highest BCUT2D eigenvalue weighted by atomic mass is 16.5. The fourth-order valence-electron chi connectivity index (χ4n) is 4.21. The summed E-state index contributed by atoms with van der Waals surface area (Å²) in [6.45, 7) is 9.04. The number of benzene rings is 1. The third kappa shape index (κ3) is 4.63. The maximum Gasteiger partial charge on any atom is 0.228 e. The first-order valence-electron chi connectivity index (χ1n) is 9.99. The lowest BCUT2D eigenvalue weighted by Crippen LogP contribution is -2.38. The molecule has 2 heterocycles. The number of methoxy groups -OCH3 is 1. The van der Waals surface area contributed by atoms with Crippen LogP contribution in [-0.2, 0) is 9.59 Å². The molecule has 3 rings (SSSR count). The van der Waals surface area contributed by atoms with E-state index in [0.29, 0.717) is 19.5 Å². The molecule has 0 radical (unpaired) electrons. The van der Waals surface area contributed by atoms with Crippen molar-refractivity contribution in [2.24, 2.45) is 11.3 Å². The fourth-order valence-corrected chi connectivity index (χ4v) is 4.21. The molecule has 0 aliphatic carbocycles. The number of hydrogen-bond donors (Lipinski definition) is 0. The van der Waals surface area contributed by atoms with Crippen LogP contribution in [0.4, 0.5) is 0 Å². The van der Waals surface area contributed by atoms with Gasteiger partial charge in [-0.3, -0.25) is 9.59 Å². The van der Waals surface area contributed by atoms with Gasteiger partial charge >= 0.3 is 0 Å². The Balaban J connectivity index is 1.84. The van der Waals surface area contributed by atoms with Gasteiger partial charge in [-0.25, -0.2) is 0 Å². The smallest absolute Gasteiger partial charge is 0.228 e. The molecule has 0 spiro atoms. The van der Waals surface area contributed by atoms with Gasteiger partial charge < -0.3 is 14.5 Å². The van der Waals surface area contributed by atoms with E-state index in [1.165, 1.54) is 0 Å². The number of hydrogen-bond acceptors (Lipinski definition) is 3. The predicted octanol–water partition coefficient (Wildman–Crippen LogP) is 3.30. The van der Waals surface area contributed by atoms with Crippen molar-refractivity contribution in [3.8, 4) is 5.75 Å². The number of nitrogens with zero attached hydrogens (tertiary/aromatic N) is 2. The van der Waals surface area contributed by atoms with Crippen molar-refractivity contribution < 1.29 is 14.3 Å². The third-order valence-electron chi connectivity index (χ3n) is 5.61. The van der Waals surface area contributed by atoms with Crippen molar-refractivity contribution in [3.63, 3.8) is 0 Å². The van der Waals surface area contributed by atoms with E-state index in [1.807, 2.05) is 28.0 Å². The summed E-state index contributed by atoms with van der Waals surface area (Å²) in [5.41, 5.74) is 1.03. The largest absolute Gasteiger partial charge is 0.497 e. The fraction of sp³-hybridized carbons (Fsp3) is 0.636. The van der Waals surface area contributed by atoms with E-state index in [0.717, 1.165) is 37.2 Å². The molecular weight excluding hydrogens is 340 g/mol. The highest BCUT2D eigenvalue weighted by Crippen LogP contribution is 2.37. The molecule has 0 aromatic heterocycles. The maximum atomic E-state index is 13.2. The highest BCUT2D eigenvalue weighted by Gasteiger charge is 2.42. The molecule has 2 fully saturated rings. The lowest BCUT2D eigenvalue weighted by Gasteiger charge is -2.24. The summed E-state index contributed by atoms with van der Waals surface area (Å²) >= 11 is 0. The zero-order valence-corrected chi connectivity index (χ0v) is 17.0. The molecule has 2 aliphatic heterocycles. The first kappa shape index (κ1) is 19.7. The van der Waals surface area contributed by atoms with E-state index in [1.54, 1.807) is 7.11 Å². The zero-order chi connectivity index (χ0) is 19.6. The minimum atomic E-state index is -0.167. The summed E-state index contributed by atoms with van der Waals surface area (Å²) < 4.78 is 5.37. The topological polar surface area (TPSA) is 49.9 Å². The molecule has 5 nitrogen and oxygen atoms in total. The van der Waals surface area contributed by atoms with E-state index >= 15 is 0 Å². The van der Waals surface area contributed by atoms with Gasteiger partial charge in [-0.05, 0) is 36.0 Å². The van der Waals surface area contributed by atoms with E-state index in [4.69, 9.17) is 4.74 Å². The second kappa shape index (κ2) is 7.91. The zero-order valence-electron chi connectivity index (χ0n) is 17.0. The van der Waals surface area contributed by atoms with Gasteiger partial charge in [0.15, 0.2) is 0 Å². The van der Waals surface area contributed by atoms with E-state index < -0.39 is 0 Å². The SMILES string of the molecule is COc1cccc(C2CN(C(=O)CC(C)(C)C)CC2C(=O)N2CCCC2)c1. The number of rotatable bonds is 4. The number of ether oxygens (including phenoxy) is 1. The average Bonchev–Trinajstić information content (AvgIpc) is 3.29. The van der Waals surface area contributed by atoms with Crippen LogP contribution in [0.1, 0.15) is 51.5 Å². The second-order valence-corrected chi connectivity index (χ2v) is 9.06. The van der Waals surface area contributed by atoms with Crippen molar-refractivity contribution in [2.75, 3.05) is 33.3 Å². The van der Waals surface area contributed by atoms with Gasteiger partial charge in [0.1, 0.15) is 5.75 Å². The van der Waals surface area contributed by atoms with Gasteiger partial charge in [-0.1, -0.05) is 32.9 Å². The van der Waals surface area contributed by atoms with Gasteiger partial charge in [-0.15, -0.1) is 0 Å². The summed E-state index contributed by atoms with van der Waals surface area (Å²) in [7, 11) is 1.65. The molecule has 0 bridgehead atoms. The molecule has 0 N–H and O–H groups in total. The first-order valence-corrected chi connectivity index (χ1v) is 9.99. The Labute approximate surface area is 162 Å². The Morgan fingerprint density at radius 2 is 1.81 bits per heavy atom. The molecule has 2 unspecified atom stereocenters. The molecule has 2 aliphatic rings. The van der Waals surface area contributed by atoms with Crippen LogP contribution in [0.5, 0.6) is 5.75 Å². The van der Waals surface area contributed by atoms with Gasteiger partial charge in [0.05, 0.1) is 13.0 Å². The highest BCUT2D eigenvalue weighted by molar-refractivity contribution is 5.84. The average molecular weight is 373 g/mol. The molecule has 2 saturated heterocycles. The van der Waals surface area contributed by atoms with E-state index in [2.05, 4.69) is 26.8 Å². The number of amides is 2. The summed E-state index contributed by atoms with van der Waals surface area (Å²) in [6, 6.07) is 7.94. The van der Waals surface area contributed by atoms with Crippen LogP contribution < -0.4 is 4.74 Å². The minimum Gasteiger partial charge on any atom is -0.497 e. The van der Waals surface area contributed by atoms with E-state index in [9.17, 15) is 9.59 Å². The van der Waals surface area contributed by atoms with Crippen molar-refractivity contribution >= 4 is 11.8 Å². The summed E-state index contributed by atoms with van der Waals surface area (Å²) in [6.07, 6.45) is 2.66. The molecular formula is C22H32N2O3. The molecule has 2 amide bonds. The Bertz CT molecular complexity index is 689. The second-order valence-electron chi connectivity index (χ2n) is 9.06. The van der Waals surface area contributed by atoms with Crippen molar-refractivity contribution in [3.05, 3.63) is 29.8 Å². The number of likely N-dealkylation sites (tertiary alicyclic amines) is 2. The standard InChI is InChI=1S/C22H32N2O3/c1-22(2,3)13-20(25)24-14-18(16-8-7-9-17(12-16)27-4)19(15-24)21(26)23-10-5-6-11-23/h7-9,12,18-19H,5-6,10-11,13-15H2,1-4H3. The third-order valence-corrected chi connectivity index (χ3v) is 5.61. The molecule has 2 atom stereocenters. The van der Waals surface area contributed by atoms with Crippen molar-refractivity contribution in [1.29, 1.82) is 0 Å². The van der Waals surface area contributed by atoms with Crippen molar-refractivity contribution in [1.82, 2.24) is 9.80 Å². The number of carbonyl (C=O) groups excluding carboxylic acids is 2. The molecule has 1 aromatic carbocycles. The Morgan fingerprint density at radius 1 is 1.11 bits per heavy atom. The summed E-state index contributed by atoms with van der Waals surface area (Å²) in [4.78, 5) is 29.9. The quantitative estimate of drug-likeness (QED) is 0.815. The Morgan fingerprint density at radius 3 is 2.44 bits per heavy atom. The molecule has 5 heteroatoms. The van der Waals surface area contributed by atoms with Crippen LogP contribution in [0.15, 0.2) is 24.3 Å². The van der Waals surface area contributed by atoms with Gasteiger partial charge in [0.25, 0.3) is 0 Å². The lowest BCUT2D eigenvalue weighted by molar-refractivity contribution is -0.135. The predicted molar refractivity (Wildman–Crippen MR) is 106 cm³/mol. The van der Waals surface area contributed by atoms with Crippen LogP contribution in [0, 0.1) is 11.3 Å².